The number of nitrogens with zero attached hydrogens (tertiary/aromatic N) is 1. The van der Waals surface area contributed by atoms with E-state index in [0.29, 0.717) is 25.7 Å². The van der Waals surface area contributed by atoms with Crippen molar-refractivity contribution in [2.45, 2.75) is 40.0 Å². The molecule has 0 fully saturated rings. The Morgan fingerprint density at radius 1 is 1.00 bits per heavy atom. The number of unbranched alkanes of at least 4 members (excludes halogenated alkanes) is 1. The summed E-state index contributed by atoms with van der Waals surface area (Å²) in [5, 5.41) is 6.51. The van der Waals surface area contributed by atoms with Gasteiger partial charge in [-0.25, -0.2) is 0 Å². The fourth-order valence-electron chi connectivity index (χ4n) is 1.51. The minimum absolute atomic E-state index is 0.658. The molecule has 0 aromatic carbocycles. The zero-order chi connectivity index (χ0) is 15.1. The Bertz CT molecular complexity index is 233. The molecule has 0 aliphatic heterocycles. The first kappa shape index (κ1) is 19.2. The number of ether oxygens (including phenoxy) is 2. The molecule has 5 nitrogen and oxygen atoms in total. The van der Waals surface area contributed by atoms with Crippen LogP contribution in [0.3, 0.4) is 0 Å². The zero-order valence-electron chi connectivity index (χ0n) is 13.7. The summed E-state index contributed by atoms with van der Waals surface area (Å²) in [7, 11) is 1.78. The van der Waals surface area contributed by atoms with Crippen molar-refractivity contribution in [3.05, 3.63) is 0 Å². The number of guanidine groups is 1. The maximum Gasteiger partial charge on any atom is 0.191 e. The third-order valence-corrected chi connectivity index (χ3v) is 2.79. The average Bonchev–Trinajstić information content (AvgIpc) is 2.43. The third-order valence-electron chi connectivity index (χ3n) is 2.79. The zero-order valence-corrected chi connectivity index (χ0v) is 13.7. The van der Waals surface area contributed by atoms with E-state index in [1.54, 1.807) is 7.05 Å². The predicted octanol–water partition coefficient (Wildman–Crippen LogP) is 2.03. The van der Waals surface area contributed by atoms with Crippen LogP contribution in [0, 0.1) is 5.92 Å². The van der Waals surface area contributed by atoms with Crippen LogP contribution in [0.2, 0.25) is 0 Å². The lowest BCUT2D eigenvalue weighted by atomic mass is 10.1. The van der Waals surface area contributed by atoms with E-state index in [0.717, 1.165) is 38.5 Å². The van der Waals surface area contributed by atoms with Crippen molar-refractivity contribution in [1.29, 1.82) is 0 Å². The Morgan fingerprint density at radius 2 is 1.65 bits per heavy atom. The molecule has 0 bridgehead atoms. The van der Waals surface area contributed by atoms with Crippen LogP contribution in [-0.4, -0.2) is 52.5 Å². The number of hydrogen-bond donors (Lipinski definition) is 2. The van der Waals surface area contributed by atoms with Gasteiger partial charge in [0.1, 0.15) is 0 Å². The normalized spacial score (nSPS) is 11.9. The van der Waals surface area contributed by atoms with E-state index in [9.17, 15) is 0 Å². The molecule has 0 aliphatic carbocycles. The van der Waals surface area contributed by atoms with Crippen LogP contribution in [0.5, 0.6) is 0 Å². The molecule has 0 saturated heterocycles. The minimum atomic E-state index is 0.658. The Labute approximate surface area is 124 Å². The van der Waals surface area contributed by atoms with E-state index in [1.807, 2.05) is 0 Å². The van der Waals surface area contributed by atoms with Gasteiger partial charge in [0.15, 0.2) is 5.96 Å². The molecule has 20 heavy (non-hydrogen) atoms. The highest BCUT2D eigenvalue weighted by Crippen LogP contribution is 1.95. The van der Waals surface area contributed by atoms with Crippen molar-refractivity contribution >= 4 is 5.96 Å². The highest BCUT2D eigenvalue weighted by molar-refractivity contribution is 5.79. The van der Waals surface area contributed by atoms with Crippen LogP contribution in [-0.2, 0) is 9.47 Å². The maximum atomic E-state index is 5.48. The molecule has 0 aromatic rings. The minimum Gasteiger partial charge on any atom is -0.379 e. The summed E-state index contributed by atoms with van der Waals surface area (Å²) in [6, 6.07) is 0. The van der Waals surface area contributed by atoms with Crippen LogP contribution in [0.25, 0.3) is 0 Å². The van der Waals surface area contributed by atoms with Crippen molar-refractivity contribution in [1.82, 2.24) is 10.6 Å². The van der Waals surface area contributed by atoms with Gasteiger partial charge in [0, 0.05) is 26.7 Å². The Balaban J connectivity index is 3.34. The monoisotopic (exact) mass is 287 g/mol. The second kappa shape index (κ2) is 14.6. The van der Waals surface area contributed by atoms with Crippen molar-refractivity contribution in [2.24, 2.45) is 10.9 Å². The van der Waals surface area contributed by atoms with E-state index in [1.165, 1.54) is 6.42 Å². The Kier molecular flexibility index (Phi) is 14.0. The first-order valence-electron chi connectivity index (χ1n) is 7.80. The van der Waals surface area contributed by atoms with Gasteiger partial charge in [-0.05, 0) is 18.8 Å². The molecule has 0 spiro atoms. The predicted molar refractivity (Wildman–Crippen MR) is 85.4 cm³/mol. The molecule has 120 valence electrons. The first-order valence-corrected chi connectivity index (χ1v) is 7.80. The molecular weight excluding hydrogens is 254 g/mol. The Morgan fingerprint density at radius 3 is 2.25 bits per heavy atom. The van der Waals surface area contributed by atoms with Crippen LogP contribution < -0.4 is 10.6 Å². The van der Waals surface area contributed by atoms with Gasteiger partial charge in [0.25, 0.3) is 0 Å². The van der Waals surface area contributed by atoms with E-state index in [-0.39, 0.29) is 0 Å². The second-order valence-corrected chi connectivity index (χ2v) is 5.19. The summed E-state index contributed by atoms with van der Waals surface area (Å²) in [5.41, 5.74) is 0. The smallest absolute Gasteiger partial charge is 0.191 e. The van der Waals surface area contributed by atoms with Gasteiger partial charge in [-0.15, -0.1) is 0 Å². The average molecular weight is 287 g/mol. The molecule has 0 aliphatic rings. The quantitative estimate of drug-likeness (QED) is 0.328. The lowest BCUT2D eigenvalue weighted by molar-refractivity contribution is 0.0487. The molecule has 0 aromatic heterocycles. The summed E-state index contributed by atoms with van der Waals surface area (Å²) >= 11 is 0. The molecule has 0 rings (SSSR count). The van der Waals surface area contributed by atoms with Gasteiger partial charge < -0.3 is 20.1 Å². The van der Waals surface area contributed by atoms with Gasteiger partial charge in [0.05, 0.1) is 19.8 Å². The molecule has 0 radical (unpaired) electrons. The third kappa shape index (κ3) is 13.6. The van der Waals surface area contributed by atoms with Crippen molar-refractivity contribution < 1.29 is 9.47 Å². The summed E-state index contributed by atoms with van der Waals surface area (Å²) in [4.78, 5) is 4.17. The highest BCUT2D eigenvalue weighted by atomic mass is 16.5. The van der Waals surface area contributed by atoms with Gasteiger partial charge in [0.2, 0.25) is 0 Å². The number of aliphatic imine (C=N–C) groups is 1. The summed E-state index contributed by atoms with van der Waals surface area (Å²) in [6.07, 6.45) is 3.44. The van der Waals surface area contributed by atoms with Crippen LogP contribution >= 0.6 is 0 Å². The summed E-state index contributed by atoms with van der Waals surface area (Å²) < 4.78 is 10.9. The highest BCUT2D eigenvalue weighted by Gasteiger charge is 1.98. The lowest BCUT2D eigenvalue weighted by Crippen LogP contribution is -2.39. The molecule has 2 N–H and O–H groups in total. The second-order valence-electron chi connectivity index (χ2n) is 5.19. The molecule has 0 saturated carbocycles. The molecule has 0 amide bonds. The van der Waals surface area contributed by atoms with E-state index >= 15 is 0 Å². The lowest BCUT2D eigenvalue weighted by Gasteiger charge is -2.13. The Hall–Kier alpha value is -0.810. The fourth-order valence-corrected chi connectivity index (χ4v) is 1.51. The number of rotatable bonds is 12. The molecular formula is C15H33N3O2. The molecule has 5 heteroatoms. The van der Waals surface area contributed by atoms with Crippen LogP contribution in [0.1, 0.15) is 40.0 Å². The van der Waals surface area contributed by atoms with E-state index in [2.05, 4.69) is 36.4 Å². The fraction of sp³-hybridized carbons (Fsp3) is 0.933. The van der Waals surface area contributed by atoms with Crippen molar-refractivity contribution in [2.75, 3.05) is 46.6 Å². The van der Waals surface area contributed by atoms with Crippen molar-refractivity contribution in [3.8, 4) is 0 Å². The largest absolute Gasteiger partial charge is 0.379 e. The first-order chi connectivity index (χ1) is 9.70. The van der Waals surface area contributed by atoms with Gasteiger partial charge in [-0.2, -0.15) is 0 Å². The maximum absolute atomic E-state index is 5.48. The molecule has 0 heterocycles. The van der Waals surface area contributed by atoms with Gasteiger partial charge >= 0.3 is 0 Å². The number of hydrogen-bond acceptors (Lipinski definition) is 3. The number of nitrogens with one attached hydrogen (secondary N) is 2. The molecule has 0 unspecified atom stereocenters. The van der Waals surface area contributed by atoms with Crippen molar-refractivity contribution in [3.63, 3.8) is 0 Å². The van der Waals surface area contributed by atoms with E-state index in [4.69, 9.17) is 9.47 Å². The molecule has 0 atom stereocenters. The summed E-state index contributed by atoms with van der Waals surface area (Å²) in [5.74, 6) is 1.55. The van der Waals surface area contributed by atoms with Gasteiger partial charge in [-0.3, -0.25) is 4.99 Å². The summed E-state index contributed by atoms with van der Waals surface area (Å²) in [6.45, 7) is 11.1. The standard InChI is InChI=1S/C15H33N3O2/c1-5-6-10-19-12-13-20-11-9-18-15(16-4)17-8-7-14(2)3/h14H,5-13H2,1-4H3,(H2,16,17,18). The van der Waals surface area contributed by atoms with Gasteiger partial charge in [-0.1, -0.05) is 27.2 Å². The SMILES string of the molecule is CCCCOCCOCCNC(=NC)NCCC(C)C. The topological polar surface area (TPSA) is 54.9 Å². The van der Waals surface area contributed by atoms with E-state index < -0.39 is 0 Å². The van der Waals surface area contributed by atoms with Crippen LogP contribution in [0.4, 0.5) is 0 Å². The van der Waals surface area contributed by atoms with Crippen LogP contribution in [0.15, 0.2) is 4.99 Å².